The molecule has 4 aromatic rings. The minimum Gasteiger partial charge on any atom is -0.461 e. The maximum atomic E-state index is 14.8. The highest BCUT2D eigenvalue weighted by molar-refractivity contribution is 7.23. The van der Waals surface area contributed by atoms with Gasteiger partial charge in [-0.25, -0.2) is 18.6 Å². The molecule has 0 bridgehead atoms. The number of nitrogens with zero attached hydrogens (tertiary/aromatic N) is 7. The molecule has 0 spiro atoms. The van der Waals surface area contributed by atoms with Gasteiger partial charge < -0.3 is 20.3 Å². The average Bonchev–Trinajstić information content (AvgIpc) is 3.81. The summed E-state index contributed by atoms with van der Waals surface area (Å²) in [5.41, 5.74) is 7.32. The number of alkyl halides is 1. The van der Waals surface area contributed by atoms with E-state index in [1.807, 2.05) is 18.0 Å². The van der Waals surface area contributed by atoms with Gasteiger partial charge in [0.2, 0.25) is 11.6 Å². The summed E-state index contributed by atoms with van der Waals surface area (Å²) in [6, 6.07) is 6.72. The molecule has 0 radical (unpaired) electrons. The Kier molecular flexibility index (Phi) is 7.29. The number of thiophene rings is 1. The first-order valence-electron chi connectivity index (χ1n) is 14.9. The zero-order valence-electron chi connectivity index (χ0n) is 24.8. The molecule has 3 fully saturated rings. The predicted octanol–water partition coefficient (Wildman–Crippen LogP) is 5.36. The van der Waals surface area contributed by atoms with Gasteiger partial charge in [0.05, 0.1) is 32.9 Å². The number of halogens is 2. The molecule has 3 saturated heterocycles. The van der Waals surface area contributed by atoms with E-state index >= 15 is 0 Å². The van der Waals surface area contributed by atoms with Crippen LogP contribution in [-0.2, 0) is 4.79 Å². The van der Waals surface area contributed by atoms with Gasteiger partial charge in [-0.3, -0.25) is 9.69 Å². The number of hydrogen-bond acceptors (Lipinski definition) is 9. The highest BCUT2D eigenvalue weighted by Gasteiger charge is 2.49. The van der Waals surface area contributed by atoms with Crippen LogP contribution in [0, 0.1) is 12.4 Å². The standard InChI is InChI=1S/C32H32F2N8O2S/c1-4-24(43)41-13-10-19(16-41)40(3)30-21-7-9-23(20-6-8-22(34)27-25(20)26(36-2)28(35)45-27)37-29(21)38-31(39-30)44-17-32-11-5-12-42(32)15-18(33)14-32/h4,6-9,18-19H,1,5,10-17,35H2,3H3/t18-,19-,32+/m1/s1. The third kappa shape index (κ3) is 4.92. The number of benzene rings is 1. The quantitative estimate of drug-likeness (QED) is 0.215. The van der Waals surface area contributed by atoms with Crippen molar-refractivity contribution in [2.45, 2.75) is 43.4 Å². The van der Waals surface area contributed by atoms with Gasteiger partial charge in [0, 0.05) is 44.5 Å². The van der Waals surface area contributed by atoms with Crippen molar-refractivity contribution >= 4 is 54.9 Å². The van der Waals surface area contributed by atoms with Crippen molar-refractivity contribution in [2.75, 3.05) is 50.5 Å². The van der Waals surface area contributed by atoms with Crippen LogP contribution in [0.1, 0.15) is 25.7 Å². The van der Waals surface area contributed by atoms with Gasteiger partial charge in [-0.1, -0.05) is 12.6 Å². The normalized spacial score (nSPS) is 23.0. The van der Waals surface area contributed by atoms with Gasteiger partial charge in [-0.15, -0.1) is 11.3 Å². The fourth-order valence-electron chi connectivity index (χ4n) is 7.16. The second-order valence-corrected chi connectivity index (χ2v) is 13.1. The van der Waals surface area contributed by atoms with Crippen LogP contribution in [0.5, 0.6) is 6.01 Å². The summed E-state index contributed by atoms with van der Waals surface area (Å²) in [4.78, 5) is 36.3. The van der Waals surface area contributed by atoms with E-state index < -0.39 is 12.0 Å². The van der Waals surface area contributed by atoms with Gasteiger partial charge >= 0.3 is 6.01 Å². The Hall–Kier alpha value is -4.41. The second-order valence-electron chi connectivity index (χ2n) is 12.0. The Bertz CT molecular complexity index is 1890. The van der Waals surface area contributed by atoms with Gasteiger partial charge in [0.1, 0.15) is 24.4 Å². The SMILES string of the molecule is [C-]#[N+]c1c(N)sc2c(F)ccc(-c3ccc4c(N(C)[C@@H]5CCN(C(=O)C=C)C5)nc(OC[C@@]56CCCN5C[C@H](F)C6)nc4n3)c12. The zero-order valence-corrected chi connectivity index (χ0v) is 25.6. The molecular weight excluding hydrogens is 598 g/mol. The van der Waals surface area contributed by atoms with E-state index in [1.165, 1.54) is 12.1 Å². The third-order valence-electron chi connectivity index (χ3n) is 9.46. The number of nitrogen functional groups attached to an aromatic ring is 1. The summed E-state index contributed by atoms with van der Waals surface area (Å²) in [7, 11) is 1.92. The predicted molar refractivity (Wildman–Crippen MR) is 171 cm³/mol. The van der Waals surface area contributed by atoms with Crippen molar-refractivity contribution in [1.29, 1.82) is 0 Å². The number of carbonyl (C=O) groups is 1. The van der Waals surface area contributed by atoms with Crippen molar-refractivity contribution in [1.82, 2.24) is 24.8 Å². The number of ether oxygens (including phenoxy) is 1. The van der Waals surface area contributed by atoms with Crippen molar-refractivity contribution in [3.8, 4) is 17.3 Å². The Balaban J connectivity index is 1.31. The number of nitrogens with two attached hydrogens (primary N) is 1. The molecule has 3 atom stereocenters. The van der Waals surface area contributed by atoms with E-state index in [2.05, 4.69) is 16.3 Å². The smallest absolute Gasteiger partial charge is 0.320 e. The number of fused-ring (bicyclic) bond motifs is 3. The molecule has 3 aromatic heterocycles. The van der Waals surface area contributed by atoms with Gasteiger partial charge in [-0.2, -0.15) is 9.97 Å². The second kappa shape index (κ2) is 11.2. The van der Waals surface area contributed by atoms with Crippen LogP contribution in [0.3, 0.4) is 0 Å². The maximum absolute atomic E-state index is 14.8. The number of likely N-dealkylation sites (N-methyl/N-ethyl adjacent to an activating group) is 1. The summed E-state index contributed by atoms with van der Waals surface area (Å²) in [6.45, 7) is 13.9. The number of pyridine rings is 1. The van der Waals surface area contributed by atoms with Crippen LogP contribution >= 0.6 is 11.3 Å². The van der Waals surface area contributed by atoms with Crippen LogP contribution in [0.15, 0.2) is 36.9 Å². The Morgan fingerprint density at radius 3 is 2.93 bits per heavy atom. The van der Waals surface area contributed by atoms with E-state index in [-0.39, 0.29) is 40.8 Å². The minimum absolute atomic E-state index is 0.0164. The molecule has 2 N–H and O–H groups in total. The van der Waals surface area contributed by atoms with Crippen molar-refractivity contribution in [3.63, 3.8) is 0 Å². The number of carbonyl (C=O) groups excluding carboxylic acids is 1. The first-order valence-corrected chi connectivity index (χ1v) is 15.8. The van der Waals surface area contributed by atoms with E-state index in [1.54, 1.807) is 17.0 Å². The van der Waals surface area contributed by atoms with E-state index in [0.717, 1.165) is 37.1 Å². The molecular formula is C32H32F2N8O2S. The van der Waals surface area contributed by atoms with E-state index in [4.69, 9.17) is 32.0 Å². The number of aromatic nitrogens is 3. The molecule has 1 aromatic carbocycles. The van der Waals surface area contributed by atoms with Crippen LogP contribution in [0.4, 0.5) is 25.3 Å². The Labute approximate surface area is 262 Å². The lowest BCUT2D eigenvalue weighted by molar-refractivity contribution is -0.125. The summed E-state index contributed by atoms with van der Waals surface area (Å²) < 4.78 is 35.8. The Morgan fingerprint density at radius 2 is 2.13 bits per heavy atom. The van der Waals surface area contributed by atoms with Crippen LogP contribution in [0.2, 0.25) is 0 Å². The highest BCUT2D eigenvalue weighted by Crippen LogP contribution is 2.46. The largest absolute Gasteiger partial charge is 0.461 e. The first kappa shape index (κ1) is 29.3. The summed E-state index contributed by atoms with van der Waals surface area (Å²) in [5, 5.41) is 1.33. The molecule has 13 heteroatoms. The fourth-order valence-corrected chi connectivity index (χ4v) is 8.10. The minimum atomic E-state index is -0.889. The number of rotatable bonds is 7. The molecule has 232 valence electrons. The molecule has 1 amide bonds. The maximum Gasteiger partial charge on any atom is 0.320 e. The average molecular weight is 631 g/mol. The lowest BCUT2D eigenvalue weighted by Gasteiger charge is -2.31. The van der Waals surface area contributed by atoms with Gasteiger partial charge in [0.15, 0.2) is 5.65 Å². The monoisotopic (exact) mass is 630 g/mol. The number of likely N-dealkylation sites (tertiary alicyclic amines) is 1. The number of anilines is 2. The van der Waals surface area contributed by atoms with E-state index in [9.17, 15) is 13.6 Å². The molecule has 0 saturated carbocycles. The Morgan fingerprint density at radius 1 is 1.29 bits per heavy atom. The molecule has 10 nitrogen and oxygen atoms in total. The number of amides is 1. The molecule has 0 aliphatic carbocycles. The summed E-state index contributed by atoms with van der Waals surface area (Å²) in [5.74, 6) is 0.0232. The third-order valence-corrected chi connectivity index (χ3v) is 10.5. The molecule has 45 heavy (non-hydrogen) atoms. The molecule has 6 heterocycles. The van der Waals surface area contributed by atoms with Crippen molar-refractivity contribution in [2.24, 2.45) is 0 Å². The number of hydrogen-bond donors (Lipinski definition) is 1. The van der Waals surface area contributed by atoms with Gasteiger partial charge in [0.25, 0.3) is 0 Å². The lowest BCUT2D eigenvalue weighted by atomic mass is 9.95. The molecule has 3 aliphatic rings. The van der Waals surface area contributed by atoms with Crippen LogP contribution in [0.25, 0.3) is 37.2 Å². The fraction of sp³-hybridized carbons (Fsp3) is 0.406. The van der Waals surface area contributed by atoms with Crippen molar-refractivity contribution < 1.29 is 18.3 Å². The summed E-state index contributed by atoms with van der Waals surface area (Å²) >= 11 is 1.04. The van der Waals surface area contributed by atoms with Crippen LogP contribution < -0.4 is 15.4 Å². The zero-order chi connectivity index (χ0) is 31.5. The lowest BCUT2D eigenvalue weighted by Crippen LogP contribution is -2.43. The first-order chi connectivity index (χ1) is 21.7. The summed E-state index contributed by atoms with van der Waals surface area (Å²) in [6.07, 6.45) is 3.42. The highest BCUT2D eigenvalue weighted by atomic mass is 32.1. The molecule has 0 unspecified atom stereocenters. The topological polar surface area (TPSA) is 105 Å². The van der Waals surface area contributed by atoms with Crippen molar-refractivity contribution in [3.05, 3.63) is 54.2 Å². The van der Waals surface area contributed by atoms with E-state index in [0.29, 0.717) is 64.2 Å². The molecule has 3 aliphatic heterocycles. The molecule has 7 rings (SSSR count). The van der Waals surface area contributed by atoms with Gasteiger partial charge in [-0.05, 0) is 55.6 Å². The van der Waals surface area contributed by atoms with Crippen LogP contribution in [-0.4, -0.2) is 88.2 Å².